The summed E-state index contributed by atoms with van der Waals surface area (Å²) < 4.78 is 0. The number of rotatable bonds is 0. The molecule has 0 unspecified atom stereocenters. The molecule has 5 aromatic carbocycles. The molecule has 1 aromatic heterocycles. The van der Waals surface area contributed by atoms with Gasteiger partial charge in [-0.05, 0) is 38.4 Å². The summed E-state index contributed by atoms with van der Waals surface area (Å²) in [7, 11) is 0. The molecule has 0 amide bonds. The van der Waals surface area contributed by atoms with Gasteiger partial charge in [-0.25, -0.2) is 0 Å². The van der Waals surface area contributed by atoms with Gasteiger partial charge < -0.3 is 0 Å². The van der Waals surface area contributed by atoms with Crippen molar-refractivity contribution in [2.75, 3.05) is 0 Å². The standard InChI is InChI=1S/C16H10.C7H6N2/c1-3-11-7-9-13-5-2-6-14-10-8-12(4-1)15(11)16(13)14;1-2-4-7-6(3-1)5-8-9-7/h1-10H;1-5H,(H,8,9). The second-order valence-electron chi connectivity index (χ2n) is 6.25. The first-order valence-electron chi connectivity index (χ1n) is 8.41. The van der Waals surface area contributed by atoms with Crippen LogP contribution in [0.2, 0.25) is 0 Å². The number of H-pyrrole nitrogens is 1. The molecule has 0 fully saturated rings. The SMILES string of the molecule is c1cc2ccc3cccc4ccc(c1)c2c34.c1ccc2[nH]ncc2c1. The fraction of sp³-hybridized carbons (Fsp3) is 0. The quantitative estimate of drug-likeness (QED) is 0.334. The van der Waals surface area contributed by atoms with Gasteiger partial charge in [0.25, 0.3) is 0 Å². The van der Waals surface area contributed by atoms with Crippen LogP contribution in [0.3, 0.4) is 0 Å². The number of hydrogen-bond acceptors (Lipinski definition) is 1. The van der Waals surface area contributed by atoms with Crippen LogP contribution < -0.4 is 0 Å². The Bertz CT molecular complexity index is 1140. The maximum Gasteiger partial charge on any atom is 0.0650 e. The lowest BCUT2D eigenvalue weighted by atomic mass is 9.95. The van der Waals surface area contributed by atoms with Crippen molar-refractivity contribution in [3.05, 3.63) is 91.1 Å². The summed E-state index contributed by atoms with van der Waals surface area (Å²) in [5.41, 5.74) is 1.09. The number of benzene rings is 5. The highest BCUT2D eigenvalue weighted by molar-refractivity contribution is 6.22. The molecule has 0 aliphatic carbocycles. The summed E-state index contributed by atoms with van der Waals surface area (Å²) in [4.78, 5) is 0. The van der Waals surface area contributed by atoms with Crippen LogP contribution in [0.15, 0.2) is 91.1 Å². The minimum Gasteiger partial charge on any atom is -0.278 e. The van der Waals surface area contributed by atoms with Crippen LogP contribution in [0.5, 0.6) is 0 Å². The van der Waals surface area contributed by atoms with E-state index in [1.807, 2.05) is 30.5 Å². The van der Waals surface area contributed by atoms with Gasteiger partial charge in [-0.1, -0.05) is 78.9 Å². The Balaban J connectivity index is 0.000000132. The lowest BCUT2D eigenvalue weighted by molar-refractivity contribution is 1.12. The van der Waals surface area contributed by atoms with Crippen LogP contribution in [-0.4, -0.2) is 10.2 Å². The Kier molecular flexibility index (Phi) is 3.14. The number of hydrogen-bond donors (Lipinski definition) is 1. The molecule has 0 bridgehead atoms. The fourth-order valence-electron chi connectivity index (χ4n) is 3.55. The van der Waals surface area contributed by atoms with E-state index in [9.17, 15) is 0 Å². The highest BCUT2D eigenvalue weighted by Gasteiger charge is 2.05. The van der Waals surface area contributed by atoms with Crippen molar-refractivity contribution < 1.29 is 0 Å². The average Bonchev–Trinajstić information content (AvgIpc) is 3.16. The molecule has 0 aliphatic heterocycles. The first-order chi connectivity index (χ1) is 12.4. The molecule has 1 heterocycles. The van der Waals surface area contributed by atoms with E-state index >= 15 is 0 Å². The molecule has 0 atom stereocenters. The van der Waals surface area contributed by atoms with Gasteiger partial charge in [-0.15, -0.1) is 0 Å². The maximum atomic E-state index is 3.88. The summed E-state index contributed by atoms with van der Waals surface area (Å²) in [6.07, 6.45) is 1.81. The van der Waals surface area contributed by atoms with Crippen molar-refractivity contribution in [2.24, 2.45) is 0 Å². The van der Waals surface area contributed by atoms with Gasteiger partial charge in [-0.3, -0.25) is 5.10 Å². The second kappa shape index (κ2) is 5.60. The van der Waals surface area contributed by atoms with Gasteiger partial charge in [0.15, 0.2) is 0 Å². The molecule has 0 saturated carbocycles. The molecule has 0 spiro atoms. The topological polar surface area (TPSA) is 28.7 Å². The predicted octanol–water partition coefficient (Wildman–Crippen LogP) is 6.15. The van der Waals surface area contributed by atoms with Crippen molar-refractivity contribution in [1.29, 1.82) is 0 Å². The minimum absolute atomic E-state index is 1.09. The van der Waals surface area contributed by atoms with Crippen molar-refractivity contribution >= 4 is 43.2 Å². The molecule has 0 radical (unpaired) electrons. The summed E-state index contributed by atoms with van der Waals surface area (Å²) in [6, 6.07) is 29.9. The molecule has 1 N–H and O–H groups in total. The van der Waals surface area contributed by atoms with Crippen LogP contribution in [0.25, 0.3) is 43.2 Å². The Morgan fingerprint density at radius 3 is 1.48 bits per heavy atom. The largest absolute Gasteiger partial charge is 0.278 e. The molecule has 2 heteroatoms. The molecule has 2 nitrogen and oxygen atoms in total. The summed E-state index contributed by atoms with van der Waals surface area (Å²) in [5.74, 6) is 0. The zero-order chi connectivity index (χ0) is 16.6. The van der Waals surface area contributed by atoms with Crippen LogP contribution in [-0.2, 0) is 0 Å². The van der Waals surface area contributed by atoms with E-state index in [0.29, 0.717) is 0 Å². The number of nitrogens with one attached hydrogen (secondary N) is 1. The number of aromatic amines is 1. The summed E-state index contributed by atoms with van der Waals surface area (Å²) >= 11 is 0. The van der Waals surface area contributed by atoms with E-state index < -0.39 is 0 Å². The number of nitrogens with zero attached hydrogens (tertiary/aromatic N) is 1. The maximum absolute atomic E-state index is 3.88. The number of para-hydroxylation sites is 1. The van der Waals surface area contributed by atoms with Crippen LogP contribution >= 0.6 is 0 Å². The number of aromatic nitrogens is 2. The van der Waals surface area contributed by atoms with Gasteiger partial charge in [0.1, 0.15) is 0 Å². The molecule has 25 heavy (non-hydrogen) atoms. The molecule has 6 rings (SSSR count). The third-order valence-electron chi connectivity index (χ3n) is 4.74. The van der Waals surface area contributed by atoms with Gasteiger partial charge in [0, 0.05) is 5.39 Å². The van der Waals surface area contributed by atoms with Crippen LogP contribution in [0.1, 0.15) is 0 Å². The van der Waals surface area contributed by atoms with Gasteiger partial charge in [-0.2, -0.15) is 5.10 Å². The van der Waals surface area contributed by atoms with E-state index in [1.165, 1.54) is 32.3 Å². The highest BCUT2D eigenvalue weighted by atomic mass is 15.1. The van der Waals surface area contributed by atoms with Gasteiger partial charge in [0.05, 0.1) is 11.7 Å². The first kappa shape index (κ1) is 14.0. The van der Waals surface area contributed by atoms with Gasteiger partial charge >= 0.3 is 0 Å². The fourth-order valence-corrected chi connectivity index (χ4v) is 3.55. The molecular formula is C23H16N2. The zero-order valence-corrected chi connectivity index (χ0v) is 13.6. The Hall–Kier alpha value is -3.39. The van der Waals surface area contributed by atoms with E-state index in [0.717, 1.165) is 10.9 Å². The molecule has 6 aromatic rings. The smallest absolute Gasteiger partial charge is 0.0650 e. The van der Waals surface area contributed by atoms with Crippen molar-refractivity contribution in [3.63, 3.8) is 0 Å². The highest BCUT2D eigenvalue weighted by Crippen LogP contribution is 2.33. The van der Waals surface area contributed by atoms with Crippen molar-refractivity contribution in [1.82, 2.24) is 10.2 Å². The Labute approximate surface area is 145 Å². The van der Waals surface area contributed by atoms with E-state index in [4.69, 9.17) is 0 Å². The number of fused-ring (bicyclic) bond motifs is 1. The summed E-state index contributed by atoms with van der Waals surface area (Å²) in [5, 5.41) is 16.1. The Morgan fingerprint density at radius 1 is 0.480 bits per heavy atom. The van der Waals surface area contributed by atoms with E-state index in [-0.39, 0.29) is 0 Å². The molecule has 0 saturated heterocycles. The molecule has 0 aliphatic rings. The normalized spacial score (nSPS) is 11.2. The van der Waals surface area contributed by atoms with Crippen molar-refractivity contribution in [2.45, 2.75) is 0 Å². The minimum atomic E-state index is 1.09. The summed E-state index contributed by atoms with van der Waals surface area (Å²) in [6.45, 7) is 0. The predicted molar refractivity (Wildman–Crippen MR) is 106 cm³/mol. The van der Waals surface area contributed by atoms with Crippen molar-refractivity contribution in [3.8, 4) is 0 Å². The third kappa shape index (κ3) is 2.31. The van der Waals surface area contributed by atoms with Gasteiger partial charge in [0.2, 0.25) is 0 Å². The molecule has 118 valence electrons. The zero-order valence-electron chi connectivity index (χ0n) is 13.6. The van der Waals surface area contributed by atoms with Crippen LogP contribution in [0, 0.1) is 0 Å². The average molecular weight is 320 g/mol. The van der Waals surface area contributed by atoms with E-state index in [2.05, 4.69) is 70.9 Å². The second-order valence-corrected chi connectivity index (χ2v) is 6.25. The first-order valence-corrected chi connectivity index (χ1v) is 8.41. The van der Waals surface area contributed by atoms with Crippen LogP contribution in [0.4, 0.5) is 0 Å². The Morgan fingerprint density at radius 2 is 0.960 bits per heavy atom. The monoisotopic (exact) mass is 320 g/mol. The molecular weight excluding hydrogens is 304 g/mol. The van der Waals surface area contributed by atoms with E-state index in [1.54, 1.807) is 0 Å². The lowest BCUT2D eigenvalue weighted by Crippen LogP contribution is -1.82. The lowest BCUT2D eigenvalue weighted by Gasteiger charge is -2.09. The third-order valence-corrected chi connectivity index (χ3v) is 4.74.